The number of rotatable bonds is 7. The lowest BCUT2D eigenvalue weighted by Crippen LogP contribution is -2.35. The van der Waals surface area contributed by atoms with Crippen molar-refractivity contribution in [1.29, 1.82) is 0 Å². The second-order valence-corrected chi connectivity index (χ2v) is 5.87. The van der Waals surface area contributed by atoms with Gasteiger partial charge in [0.25, 0.3) is 5.69 Å². The van der Waals surface area contributed by atoms with Gasteiger partial charge in [0.2, 0.25) is 11.8 Å². The van der Waals surface area contributed by atoms with Crippen molar-refractivity contribution < 1.29 is 14.5 Å². The largest absolute Gasteiger partial charge is 0.366 e. The Labute approximate surface area is 133 Å². The van der Waals surface area contributed by atoms with Crippen molar-refractivity contribution in [3.63, 3.8) is 0 Å². The van der Waals surface area contributed by atoms with Gasteiger partial charge in [-0.2, -0.15) is 0 Å². The number of carbonyl (C=O) groups excluding carboxylic acids is 2. The normalized spacial score (nSPS) is 11.8. The Hall–Kier alpha value is -2.09. The smallest absolute Gasteiger partial charge is 0.283 e. The first-order valence-corrected chi connectivity index (χ1v) is 7.73. The molecule has 22 heavy (non-hydrogen) atoms. The molecule has 0 saturated heterocycles. The Morgan fingerprint density at radius 1 is 1.45 bits per heavy atom. The number of hydrogen-bond acceptors (Lipinski definition) is 5. The van der Waals surface area contributed by atoms with Gasteiger partial charge in [0, 0.05) is 24.7 Å². The molecule has 0 aliphatic heterocycles. The van der Waals surface area contributed by atoms with Crippen LogP contribution in [0.15, 0.2) is 23.1 Å². The molecule has 0 aromatic heterocycles. The quantitative estimate of drug-likeness (QED) is 0.469. The molecule has 1 atom stereocenters. The number of primary amides is 1. The fourth-order valence-electron chi connectivity index (χ4n) is 1.70. The second kappa shape index (κ2) is 7.79. The Kier molecular flexibility index (Phi) is 6.36. The van der Waals surface area contributed by atoms with Gasteiger partial charge in [-0.3, -0.25) is 19.7 Å². The van der Waals surface area contributed by atoms with E-state index < -0.39 is 10.8 Å². The van der Waals surface area contributed by atoms with Crippen LogP contribution in [0.3, 0.4) is 0 Å². The zero-order chi connectivity index (χ0) is 16.9. The fraction of sp³-hybridized carbons (Fsp3) is 0.429. The number of nitrogens with two attached hydrogens (primary N) is 1. The maximum atomic E-state index is 12.0. The molecule has 0 heterocycles. The van der Waals surface area contributed by atoms with Gasteiger partial charge in [-0.15, -0.1) is 11.8 Å². The first-order valence-electron chi connectivity index (χ1n) is 6.74. The summed E-state index contributed by atoms with van der Waals surface area (Å²) in [7, 11) is 1.71. The molecule has 1 aromatic carbocycles. The Morgan fingerprint density at radius 3 is 2.59 bits per heavy atom. The van der Waals surface area contributed by atoms with E-state index in [-0.39, 0.29) is 29.0 Å². The van der Waals surface area contributed by atoms with E-state index in [0.29, 0.717) is 4.90 Å². The minimum absolute atomic E-state index is 0.0686. The molecular weight excluding hydrogens is 306 g/mol. The highest BCUT2D eigenvalue weighted by Gasteiger charge is 2.20. The third kappa shape index (κ3) is 4.45. The van der Waals surface area contributed by atoms with Crippen LogP contribution in [0.2, 0.25) is 0 Å². The SMILES string of the molecule is CCC(C)N(C)C(=O)CSc1ccc(C(N)=O)cc1[N+](=O)[O-]. The summed E-state index contributed by atoms with van der Waals surface area (Å²) >= 11 is 1.08. The summed E-state index contributed by atoms with van der Waals surface area (Å²) in [5.74, 6) is -0.739. The molecule has 1 rings (SSSR count). The van der Waals surface area contributed by atoms with Gasteiger partial charge < -0.3 is 10.6 Å². The van der Waals surface area contributed by atoms with Gasteiger partial charge in [-0.1, -0.05) is 6.92 Å². The number of amides is 2. The first kappa shape index (κ1) is 18.0. The van der Waals surface area contributed by atoms with E-state index in [1.165, 1.54) is 12.1 Å². The molecule has 1 unspecified atom stereocenters. The average molecular weight is 325 g/mol. The van der Waals surface area contributed by atoms with Crippen molar-refractivity contribution in [2.45, 2.75) is 31.2 Å². The lowest BCUT2D eigenvalue weighted by molar-refractivity contribution is -0.387. The number of hydrogen-bond donors (Lipinski definition) is 1. The van der Waals surface area contributed by atoms with Crippen LogP contribution in [-0.4, -0.2) is 40.5 Å². The molecule has 0 fully saturated rings. The lowest BCUT2D eigenvalue weighted by Gasteiger charge is -2.23. The molecule has 0 spiro atoms. The van der Waals surface area contributed by atoms with Crippen molar-refractivity contribution in [2.24, 2.45) is 5.73 Å². The Bertz CT molecular complexity index is 591. The third-order valence-electron chi connectivity index (χ3n) is 3.44. The molecule has 8 heteroatoms. The summed E-state index contributed by atoms with van der Waals surface area (Å²) in [6.07, 6.45) is 0.834. The molecule has 7 nitrogen and oxygen atoms in total. The van der Waals surface area contributed by atoms with Crippen molar-refractivity contribution >= 4 is 29.3 Å². The fourth-order valence-corrected chi connectivity index (χ4v) is 2.62. The minimum Gasteiger partial charge on any atom is -0.366 e. The maximum Gasteiger partial charge on any atom is 0.283 e. The predicted octanol–water partition coefficient (Wildman–Crippen LogP) is 2.04. The highest BCUT2D eigenvalue weighted by atomic mass is 32.2. The van der Waals surface area contributed by atoms with Gasteiger partial charge in [0.1, 0.15) is 0 Å². The van der Waals surface area contributed by atoms with E-state index in [2.05, 4.69) is 0 Å². The van der Waals surface area contributed by atoms with E-state index in [9.17, 15) is 19.7 Å². The highest BCUT2D eigenvalue weighted by molar-refractivity contribution is 8.00. The molecule has 2 N–H and O–H groups in total. The number of carbonyl (C=O) groups is 2. The third-order valence-corrected chi connectivity index (χ3v) is 4.48. The molecule has 0 bridgehead atoms. The molecule has 0 saturated carbocycles. The van der Waals surface area contributed by atoms with Crippen LogP contribution >= 0.6 is 11.8 Å². The van der Waals surface area contributed by atoms with Gasteiger partial charge in [-0.05, 0) is 25.5 Å². The van der Waals surface area contributed by atoms with Crippen LogP contribution in [0.5, 0.6) is 0 Å². The monoisotopic (exact) mass is 325 g/mol. The van der Waals surface area contributed by atoms with Gasteiger partial charge >= 0.3 is 0 Å². The molecule has 0 aliphatic rings. The first-order chi connectivity index (χ1) is 10.3. The topological polar surface area (TPSA) is 107 Å². The van der Waals surface area contributed by atoms with E-state index in [1.54, 1.807) is 11.9 Å². The van der Waals surface area contributed by atoms with E-state index >= 15 is 0 Å². The Balaban J connectivity index is 2.88. The zero-order valence-electron chi connectivity index (χ0n) is 12.7. The minimum atomic E-state index is -0.729. The van der Waals surface area contributed by atoms with Crippen LogP contribution in [0.4, 0.5) is 5.69 Å². The van der Waals surface area contributed by atoms with Crippen LogP contribution < -0.4 is 5.73 Å². The summed E-state index contributed by atoms with van der Waals surface area (Å²) in [6, 6.07) is 4.10. The lowest BCUT2D eigenvalue weighted by atomic mass is 10.2. The number of nitro groups is 1. The number of nitro benzene ring substituents is 1. The molecule has 0 aliphatic carbocycles. The molecule has 1 aromatic rings. The molecule has 120 valence electrons. The number of thioether (sulfide) groups is 1. The maximum absolute atomic E-state index is 12.0. The summed E-state index contributed by atoms with van der Waals surface area (Å²) < 4.78 is 0. The van der Waals surface area contributed by atoms with Crippen LogP contribution in [0.1, 0.15) is 30.6 Å². The summed E-state index contributed by atoms with van der Waals surface area (Å²) in [4.78, 5) is 35.6. The van der Waals surface area contributed by atoms with E-state index in [4.69, 9.17) is 5.73 Å². The standard InChI is InChI=1S/C14H19N3O4S/c1-4-9(2)16(3)13(18)8-22-12-6-5-10(14(15)19)7-11(12)17(20)21/h5-7,9H,4,8H2,1-3H3,(H2,15,19). The van der Waals surface area contributed by atoms with Crippen molar-refractivity contribution in [1.82, 2.24) is 4.90 Å². The van der Waals surface area contributed by atoms with E-state index in [0.717, 1.165) is 24.2 Å². The van der Waals surface area contributed by atoms with Gasteiger partial charge in [-0.25, -0.2) is 0 Å². The Morgan fingerprint density at radius 2 is 2.09 bits per heavy atom. The van der Waals surface area contributed by atoms with Crippen molar-refractivity contribution in [3.8, 4) is 0 Å². The average Bonchev–Trinajstić information content (AvgIpc) is 2.50. The molecular formula is C14H19N3O4S. The van der Waals surface area contributed by atoms with Gasteiger partial charge in [0.15, 0.2) is 0 Å². The zero-order valence-corrected chi connectivity index (χ0v) is 13.6. The van der Waals surface area contributed by atoms with E-state index in [1.807, 2.05) is 13.8 Å². The summed E-state index contributed by atoms with van der Waals surface area (Å²) in [5, 5.41) is 11.1. The van der Waals surface area contributed by atoms with Crippen molar-refractivity contribution in [3.05, 3.63) is 33.9 Å². The van der Waals surface area contributed by atoms with Crippen LogP contribution in [0, 0.1) is 10.1 Å². The number of benzene rings is 1. The molecule has 2 amide bonds. The summed E-state index contributed by atoms with van der Waals surface area (Å²) in [6.45, 7) is 3.92. The van der Waals surface area contributed by atoms with Crippen LogP contribution in [-0.2, 0) is 4.79 Å². The number of nitrogens with zero attached hydrogens (tertiary/aromatic N) is 2. The highest BCUT2D eigenvalue weighted by Crippen LogP contribution is 2.30. The summed E-state index contributed by atoms with van der Waals surface area (Å²) in [5.41, 5.74) is 4.96. The predicted molar refractivity (Wildman–Crippen MR) is 84.9 cm³/mol. The molecule has 0 radical (unpaired) electrons. The van der Waals surface area contributed by atoms with Crippen molar-refractivity contribution in [2.75, 3.05) is 12.8 Å². The second-order valence-electron chi connectivity index (χ2n) is 4.85. The van der Waals surface area contributed by atoms with Crippen LogP contribution in [0.25, 0.3) is 0 Å². The van der Waals surface area contributed by atoms with Gasteiger partial charge in [0.05, 0.1) is 15.6 Å².